The van der Waals surface area contributed by atoms with E-state index in [0.29, 0.717) is 0 Å². The molecule has 0 amide bonds. The first-order valence-electron chi connectivity index (χ1n) is 10.2. The summed E-state index contributed by atoms with van der Waals surface area (Å²) in [5.41, 5.74) is 4.42. The molecule has 0 bridgehead atoms. The fourth-order valence-corrected chi connectivity index (χ4v) is 4.70. The third-order valence-electron chi connectivity index (χ3n) is 5.18. The van der Waals surface area contributed by atoms with Crippen LogP contribution in [0.3, 0.4) is 0 Å². The third-order valence-corrected chi connectivity index (χ3v) is 6.43. The van der Waals surface area contributed by atoms with Gasteiger partial charge in [-0.3, -0.25) is 0 Å². The van der Waals surface area contributed by atoms with E-state index in [9.17, 15) is 0 Å². The zero-order valence-electron chi connectivity index (χ0n) is 17.5. The van der Waals surface area contributed by atoms with Crippen molar-refractivity contribution in [3.8, 4) is 32.5 Å². The summed E-state index contributed by atoms with van der Waals surface area (Å²) in [5.74, 6) is 1.62. The van der Waals surface area contributed by atoms with Gasteiger partial charge in [-0.05, 0) is 36.8 Å². The van der Waals surface area contributed by atoms with E-state index in [1.54, 1.807) is 11.3 Å². The average Bonchev–Trinajstić information content (AvgIpc) is 3.40. The summed E-state index contributed by atoms with van der Waals surface area (Å²) in [4.78, 5) is 10.4. The van der Waals surface area contributed by atoms with Gasteiger partial charge in [0.15, 0.2) is 0 Å². The van der Waals surface area contributed by atoms with Gasteiger partial charge in [0.1, 0.15) is 16.5 Å². The molecule has 0 radical (unpaired) electrons. The van der Waals surface area contributed by atoms with E-state index in [1.165, 1.54) is 10.4 Å². The van der Waals surface area contributed by atoms with Crippen LogP contribution in [-0.2, 0) is 0 Å². The Bertz CT molecular complexity index is 1230. The van der Waals surface area contributed by atoms with Crippen LogP contribution in [0.2, 0.25) is 0 Å². The van der Waals surface area contributed by atoms with Crippen molar-refractivity contribution in [2.75, 3.05) is 18.6 Å². The van der Waals surface area contributed by atoms with Crippen LogP contribution < -0.4 is 9.64 Å². The molecule has 0 atom stereocenters. The Kier molecular flexibility index (Phi) is 5.18. The van der Waals surface area contributed by atoms with Gasteiger partial charge in [0, 0.05) is 36.8 Å². The second-order valence-electron chi connectivity index (χ2n) is 7.59. The molecule has 0 fully saturated rings. The van der Waals surface area contributed by atoms with Crippen LogP contribution in [0.1, 0.15) is 5.69 Å². The Balaban J connectivity index is 1.39. The molecule has 0 spiro atoms. The minimum absolute atomic E-state index is 0.804. The van der Waals surface area contributed by atoms with E-state index in [0.717, 1.165) is 40.1 Å². The lowest BCUT2D eigenvalue weighted by atomic mass is 10.2. The molecule has 0 unspecified atom stereocenters. The van der Waals surface area contributed by atoms with Gasteiger partial charge in [-0.1, -0.05) is 48.5 Å². The van der Waals surface area contributed by atoms with Crippen molar-refractivity contribution in [1.82, 2.24) is 9.88 Å². The van der Waals surface area contributed by atoms with Crippen molar-refractivity contribution in [1.29, 1.82) is 0 Å². The highest BCUT2D eigenvalue weighted by Gasteiger charge is 2.13. The van der Waals surface area contributed by atoms with E-state index in [2.05, 4.69) is 84.7 Å². The summed E-state index contributed by atoms with van der Waals surface area (Å²) in [7, 11) is 2.06. The smallest absolute Gasteiger partial charge is 0.129 e. The zero-order valence-corrected chi connectivity index (χ0v) is 18.3. The number of rotatable bonds is 5. The summed E-state index contributed by atoms with van der Waals surface area (Å²) in [6.07, 6.45) is 4.14. The van der Waals surface area contributed by atoms with E-state index < -0.39 is 0 Å². The van der Waals surface area contributed by atoms with Crippen LogP contribution in [0.5, 0.6) is 11.5 Å². The van der Waals surface area contributed by atoms with Gasteiger partial charge >= 0.3 is 0 Å². The maximum absolute atomic E-state index is 6.20. The number of benzene rings is 3. The van der Waals surface area contributed by atoms with E-state index in [-0.39, 0.29) is 0 Å². The quantitative estimate of drug-likeness (QED) is 0.353. The first kappa shape index (κ1) is 19.4. The molecular formula is C26H23N3OS. The molecular weight excluding hydrogens is 402 g/mol. The largest absolute Gasteiger partial charge is 0.457 e. The van der Waals surface area contributed by atoms with Gasteiger partial charge in [-0.15, -0.1) is 11.3 Å². The zero-order chi connectivity index (χ0) is 21.2. The third kappa shape index (κ3) is 4.18. The highest BCUT2D eigenvalue weighted by molar-refractivity contribution is 7.18. The minimum Gasteiger partial charge on any atom is -0.457 e. The topological polar surface area (TPSA) is 28.6 Å². The molecule has 0 saturated carbocycles. The average molecular weight is 426 g/mol. The lowest BCUT2D eigenvalue weighted by molar-refractivity contribution is 0.481. The monoisotopic (exact) mass is 425 g/mol. The van der Waals surface area contributed by atoms with Crippen LogP contribution in [0.15, 0.2) is 91.3 Å². The Morgan fingerprint density at radius 2 is 1.58 bits per heavy atom. The fraction of sp³-hybridized carbons (Fsp3) is 0.115. The molecule has 1 aromatic heterocycles. The summed E-state index contributed by atoms with van der Waals surface area (Å²) < 4.78 is 6.20. The lowest BCUT2D eigenvalue weighted by Crippen LogP contribution is -2.21. The summed E-state index contributed by atoms with van der Waals surface area (Å²) in [5, 5.41) is 1.00. The fourth-order valence-electron chi connectivity index (χ4n) is 3.63. The normalized spacial score (nSPS) is 13.1. The molecule has 1 aliphatic heterocycles. The van der Waals surface area contributed by atoms with Gasteiger partial charge < -0.3 is 14.5 Å². The van der Waals surface area contributed by atoms with Crippen molar-refractivity contribution in [3.63, 3.8) is 0 Å². The highest BCUT2D eigenvalue weighted by Crippen LogP contribution is 2.37. The number of nitrogens with zero attached hydrogens (tertiary/aromatic N) is 3. The second-order valence-corrected chi connectivity index (χ2v) is 8.59. The summed E-state index contributed by atoms with van der Waals surface area (Å²) >= 11 is 1.71. The first-order chi connectivity index (χ1) is 15.2. The Labute approximate surface area is 186 Å². The molecule has 154 valence electrons. The lowest BCUT2D eigenvalue weighted by Gasteiger charge is -2.19. The molecule has 0 N–H and O–H groups in total. The molecule has 3 aromatic carbocycles. The van der Waals surface area contributed by atoms with Crippen molar-refractivity contribution < 1.29 is 4.74 Å². The SMILES string of the molecule is Cc1nc(-c2cccc(Oc3cccc(N4C=CN(C)C4)c3)c2)sc1-c1ccccc1. The number of anilines is 1. The van der Waals surface area contributed by atoms with Crippen LogP contribution in [-0.4, -0.2) is 23.6 Å². The standard InChI is InChI=1S/C26H23N3OS/c1-19-25(20-8-4-3-5-9-20)31-26(27-19)21-10-6-12-23(16-21)30-24-13-7-11-22(17-24)29-15-14-28(2)18-29/h3-17H,18H2,1-2H3. The highest BCUT2D eigenvalue weighted by atomic mass is 32.1. The number of hydrogen-bond acceptors (Lipinski definition) is 5. The number of thiazole rings is 1. The van der Waals surface area contributed by atoms with Crippen LogP contribution in [0.25, 0.3) is 21.0 Å². The second kappa shape index (κ2) is 8.28. The molecule has 31 heavy (non-hydrogen) atoms. The van der Waals surface area contributed by atoms with Crippen LogP contribution in [0.4, 0.5) is 5.69 Å². The maximum atomic E-state index is 6.20. The molecule has 0 aliphatic carbocycles. The van der Waals surface area contributed by atoms with Gasteiger partial charge in [0.2, 0.25) is 0 Å². The van der Waals surface area contributed by atoms with Crippen molar-refractivity contribution in [2.45, 2.75) is 6.92 Å². The maximum Gasteiger partial charge on any atom is 0.129 e. The molecule has 0 saturated heterocycles. The number of aryl methyl sites for hydroxylation is 1. The van der Waals surface area contributed by atoms with Gasteiger partial charge in [-0.25, -0.2) is 4.98 Å². The number of ether oxygens (including phenoxy) is 1. The van der Waals surface area contributed by atoms with E-state index in [4.69, 9.17) is 9.72 Å². The predicted molar refractivity (Wildman–Crippen MR) is 128 cm³/mol. The molecule has 4 nitrogen and oxygen atoms in total. The minimum atomic E-state index is 0.804. The van der Waals surface area contributed by atoms with Crippen molar-refractivity contribution in [3.05, 3.63) is 97.0 Å². The van der Waals surface area contributed by atoms with Crippen LogP contribution >= 0.6 is 11.3 Å². The van der Waals surface area contributed by atoms with Crippen molar-refractivity contribution >= 4 is 17.0 Å². The van der Waals surface area contributed by atoms with Gasteiger partial charge in [-0.2, -0.15) is 0 Å². The van der Waals surface area contributed by atoms with E-state index in [1.807, 2.05) is 30.3 Å². The molecule has 5 rings (SSSR count). The predicted octanol–water partition coefficient (Wildman–Crippen LogP) is 6.76. The van der Waals surface area contributed by atoms with Gasteiger partial charge in [0.25, 0.3) is 0 Å². The molecule has 5 heteroatoms. The summed E-state index contributed by atoms with van der Waals surface area (Å²) in [6.45, 7) is 2.91. The molecule has 2 heterocycles. The number of aromatic nitrogens is 1. The number of hydrogen-bond donors (Lipinski definition) is 0. The molecule has 1 aliphatic rings. The Hall–Kier alpha value is -3.57. The van der Waals surface area contributed by atoms with Gasteiger partial charge in [0.05, 0.1) is 17.2 Å². The first-order valence-corrected chi connectivity index (χ1v) is 11.0. The van der Waals surface area contributed by atoms with Crippen LogP contribution in [0, 0.1) is 6.92 Å². The Morgan fingerprint density at radius 3 is 2.35 bits per heavy atom. The van der Waals surface area contributed by atoms with E-state index >= 15 is 0 Å². The molecule has 4 aromatic rings. The Morgan fingerprint density at radius 1 is 0.839 bits per heavy atom. The summed E-state index contributed by atoms with van der Waals surface area (Å²) in [6, 6.07) is 26.7. The van der Waals surface area contributed by atoms with Crippen molar-refractivity contribution in [2.24, 2.45) is 0 Å².